The van der Waals surface area contributed by atoms with Gasteiger partial charge in [0.25, 0.3) is 11.8 Å². The maximum Gasteiger partial charge on any atom is 0.258 e. The molecular weight excluding hydrogens is 472 g/mol. The van der Waals surface area contributed by atoms with Crippen LogP contribution in [0, 0.1) is 0 Å². The first-order chi connectivity index (χ1) is 17.0. The summed E-state index contributed by atoms with van der Waals surface area (Å²) in [4.78, 5) is 28.2. The van der Waals surface area contributed by atoms with Crippen LogP contribution >= 0.6 is 11.6 Å². The molecule has 1 atom stereocenters. The highest BCUT2D eigenvalue weighted by Crippen LogP contribution is 2.36. The van der Waals surface area contributed by atoms with E-state index >= 15 is 0 Å². The normalized spacial score (nSPS) is 14.9. The first-order valence-corrected chi connectivity index (χ1v) is 11.5. The zero-order valence-corrected chi connectivity index (χ0v) is 20.5. The molecule has 1 aromatic heterocycles. The Labute approximate surface area is 208 Å². The van der Waals surface area contributed by atoms with Crippen LogP contribution in [-0.4, -0.2) is 56.1 Å². The fourth-order valence-corrected chi connectivity index (χ4v) is 4.40. The lowest BCUT2D eigenvalue weighted by Crippen LogP contribution is -2.41. The second kappa shape index (κ2) is 10.8. The smallest absolute Gasteiger partial charge is 0.258 e. The molecule has 10 heteroatoms. The van der Waals surface area contributed by atoms with E-state index in [-0.39, 0.29) is 17.9 Å². The van der Waals surface area contributed by atoms with Gasteiger partial charge in [0.15, 0.2) is 11.5 Å². The highest BCUT2D eigenvalue weighted by molar-refractivity contribution is 6.33. The number of anilines is 1. The Morgan fingerprint density at radius 3 is 2.60 bits per heavy atom. The average molecular weight is 499 g/mol. The van der Waals surface area contributed by atoms with Gasteiger partial charge in [-0.25, -0.2) is 0 Å². The van der Waals surface area contributed by atoms with Gasteiger partial charge in [-0.2, -0.15) is 5.10 Å². The highest BCUT2D eigenvalue weighted by Gasteiger charge is 2.34. The summed E-state index contributed by atoms with van der Waals surface area (Å²) in [6.07, 6.45) is 2.15. The van der Waals surface area contributed by atoms with Gasteiger partial charge in [0.1, 0.15) is 0 Å². The molecule has 2 aromatic carbocycles. The van der Waals surface area contributed by atoms with Crippen molar-refractivity contribution in [2.45, 2.75) is 19.0 Å². The van der Waals surface area contributed by atoms with Crippen LogP contribution in [0.3, 0.4) is 0 Å². The summed E-state index contributed by atoms with van der Waals surface area (Å²) in [5.74, 6) is 0.523. The summed E-state index contributed by atoms with van der Waals surface area (Å²) in [5.41, 5.74) is 2.22. The summed E-state index contributed by atoms with van der Waals surface area (Å²) in [7, 11) is 4.68. The molecule has 35 heavy (non-hydrogen) atoms. The van der Waals surface area contributed by atoms with Crippen LogP contribution < -0.4 is 19.7 Å². The zero-order chi connectivity index (χ0) is 24.9. The van der Waals surface area contributed by atoms with Crippen molar-refractivity contribution in [3.8, 4) is 11.5 Å². The van der Waals surface area contributed by atoms with Gasteiger partial charge < -0.3 is 24.4 Å². The van der Waals surface area contributed by atoms with E-state index in [0.29, 0.717) is 59.5 Å². The van der Waals surface area contributed by atoms with Crippen molar-refractivity contribution in [1.82, 2.24) is 15.1 Å². The Morgan fingerprint density at radius 1 is 1.11 bits per heavy atom. The number of aromatic nitrogens is 2. The number of fused-ring (bicyclic) bond motifs is 1. The minimum absolute atomic E-state index is 0.200. The molecule has 0 fully saturated rings. The van der Waals surface area contributed by atoms with Gasteiger partial charge in [-0.05, 0) is 36.8 Å². The number of hydrogen-bond acceptors (Lipinski definition) is 6. The second-order valence-corrected chi connectivity index (χ2v) is 8.36. The third-order valence-electron chi connectivity index (χ3n) is 5.93. The number of methoxy groups -OCH3 is 3. The summed E-state index contributed by atoms with van der Waals surface area (Å²) in [6.45, 7) is 1.30. The molecule has 0 spiro atoms. The number of amides is 2. The van der Waals surface area contributed by atoms with Crippen LogP contribution in [0.25, 0.3) is 0 Å². The number of ether oxygens (including phenoxy) is 3. The minimum Gasteiger partial charge on any atom is -0.493 e. The predicted octanol–water partition coefficient (Wildman–Crippen LogP) is 3.72. The van der Waals surface area contributed by atoms with E-state index < -0.39 is 0 Å². The van der Waals surface area contributed by atoms with E-state index in [1.165, 1.54) is 7.11 Å². The van der Waals surface area contributed by atoms with Gasteiger partial charge in [-0.15, -0.1) is 0 Å². The standard InChI is InChI=1S/C25H27ClN4O5/c1-33-13-12-30-23-19(28-24(31)17-6-4-5-7-18(17)26)10-11-29(20(23)15-27-30)25(32)16-8-9-21(34-2)22(14-16)35-3/h4-9,14-15,19H,10-13H2,1-3H3,(H,28,31). The number of carbonyl (C=O) groups is 2. The molecule has 184 valence electrons. The average Bonchev–Trinajstić information content (AvgIpc) is 3.31. The molecule has 0 radical (unpaired) electrons. The van der Waals surface area contributed by atoms with Gasteiger partial charge in [0.05, 0.1) is 61.6 Å². The van der Waals surface area contributed by atoms with E-state index in [0.717, 1.165) is 5.69 Å². The lowest BCUT2D eigenvalue weighted by molar-refractivity contribution is 0.0930. The van der Waals surface area contributed by atoms with Crippen LogP contribution in [0.1, 0.15) is 38.9 Å². The lowest BCUT2D eigenvalue weighted by Gasteiger charge is -2.33. The van der Waals surface area contributed by atoms with Crippen molar-refractivity contribution in [2.24, 2.45) is 0 Å². The molecule has 1 unspecified atom stereocenters. The van der Waals surface area contributed by atoms with Crippen molar-refractivity contribution in [3.05, 3.63) is 70.5 Å². The van der Waals surface area contributed by atoms with Crippen LogP contribution in [0.2, 0.25) is 5.02 Å². The van der Waals surface area contributed by atoms with Crippen LogP contribution in [-0.2, 0) is 11.3 Å². The number of halogens is 1. The van der Waals surface area contributed by atoms with Gasteiger partial charge in [-0.1, -0.05) is 23.7 Å². The molecule has 1 N–H and O–H groups in total. The molecule has 2 amide bonds. The van der Waals surface area contributed by atoms with Gasteiger partial charge in [0, 0.05) is 19.2 Å². The maximum absolute atomic E-state index is 13.5. The Hall–Kier alpha value is -3.56. The van der Waals surface area contributed by atoms with E-state index in [4.69, 9.17) is 25.8 Å². The summed E-state index contributed by atoms with van der Waals surface area (Å²) >= 11 is 6.23. The van der Waals surface area contributed by atoms with Crippen LogP contribution in [0.15, 0.2) is 48.7 Å². The molecule has 3 aromatic rings. The van der Waals surface area contributed by atoms with Crippen molar-refractivity contribution in [3.63, 3.8) is 0 Å². The topological polar surface area (TPSA) is 94.9 Å². The number of benzene rings is 2. The number of hydrogen-bond donors (Lipinski definition) is 1. The third-order valence-corrected chi connectivity index (χ3v) is 6.26. The number of carbonyl (C=O) groups excluding carboxylic acids is 2. The van der Waals surface area contributed by atoms with Crippen LogP contribution in [0.4, 0.5) is 5.69 Å². The second-order valence-electron chi connectivity index (χ2n) is 7.95. The molecule has 2 heterocycles. The fourth-order valence-electron chi connectivity index (χ4n) is 4.18. The van der Waals surface area contributed by atoms with E-state index in [1.807, 2.05) is 0 Å². The largest absolute Gasteiger partial charge is 0.493 e. The zero-order valence-electron chi connectivity index (χ0n) is 19.8. The van der Waals surface area contributed by atoms with Gasteiger partial charge >= 0.3 is 0 Å². The number of nitrogens with one attached hydrogen (secondary N) is 1. The molecular formula is C25H27ClN4O5. The molecule has 1 aliphatic heterocycles. The van der Waals surface area contributed by atoms with Crippen molar-refractivity contribution in [1.29, 1.82) is 0 Å². The predicted molar refractivity (Wildman–Crippen MR) is 132 cm³/mol. The van der Waals surface area contributed by atoms with E-state index in [2.05, 4.69) is 10.4 Å². The quantitative estimate of drug-likeness (QED) is 0.508. The summed E-state index contributed by atoms with van der Waals surface area (Å²) < 4.78 is 17.6. The van der Waals surface area contributed by atoms with E-state index in [1.54, 1.807) is 72.5 Å². The first kappa shape index (κ1) is 24.6. The molecule has 0 aliphatic carbocycles. The Morgan fingerprint density at radius 2 is 1.89 bits per heavy atom. The Bertz CT molecular complexity index is 1230. The Kier molecular flexibility index (Phi) is 7.57. The van der Waals surface area contributed by atoms with Crippen LogP contribution in [0.5, 0.6) is 11.5 Å². The first-order valence-electron chi connectivity index (χ1n) is 11.1. The highest BCUT2D eigenvalue weighted by atomic mass is 35.5. The third kappa shape index (κ3) is 4.96. The molecule has 0 bridgehead atoms. The summed E-state index contributed by atoms with van der Waals surface area (Å²) in [5, 5.41) is 7.93. The molecule has 4 rings (SSSR count). The lowest BCUT2D eigenvalue weighted by atomic mass is 10.0. The van der Waals surface area contributed by atoms with Crippen molar-refractivity contribution in [2.75, 3.05) is 39.4 Å². The molecule has 0 saturated carbocycles. The summed E-state index contributed by atoms with van der Waals surface area (Å²) in [6, 6.07) is 11.6. The SMILES string of the molecule is COCCn1ncc2c1C(NC(=O)c1ccccc1Cl)CCN2C(=O)c1ccc(OC)c(OC)c1. The van der Waals surface area contributed by atoms with Crippen molar-refractivity contribution < 1.29 is 23.8 Å². The van der Waals surface area contributed by atoms with Crippen molar-refractivity contribution >= 4 is 29.1 Å². The minimum atomic E-state index is -0.359. The maximum atomic E-state index is 13.5. The van der Waals surface area contributed by atoms with E-state index in [9.17, 15) is 9.59 Å². The fraction of sp³-hybridized carbons (Fsp3) is 0.320. The Balaban J connectivity index is 1.66. The monoisotopic (exact) mass is 498 g/mol. The molecule has 1 aliphatic rings. The number of nitrogens with zero attached hydrogens (tertiary/aromatic N) is 3. The molecule has 0 saturated heterocycles. The number of rotatable bonds is 8. The van der Waals surface area contributed by atoms with Gasteiger partial charge in [0.2, 0.25) is 0 Å². The van der Waals surface area contributed by atoms with Gasteiger partial charge in [-0.3, -0.25) is 14.3 Å². The molecule has 9 nitrogen and oxygen atoms in total.